The molecule has 0 aliphatic heterocycles. The summed E-state index contributed by atoms with van der Waals surface area (Å²) < 4.78 is 0. The molecule has 0 saturated carbocycles. The maximum atomic E-state index is 12.7. The van der Waals surface area contributed by atoms with E-state index in [1.807, 2.05) is 66.9 Å². The minimum atomic E-state index is -0.151. The van der Waals surface area contributed by atoms with Gasteiger partial charge in [0.25, 0.3) is 5.91 Å². The van der Waals surface area contributed by atoms with Crippen molar-refractivity contribution >= 4 is 46.0 Å². The molecule has 0 fully saturated rings. The van der Waals surface area contributed by atoms with Gasteiger partial charge in [0, 0.05) is 11.1 Å². The lowest BCUT2D eigenvalue weighted by Gasteiger charge is -2.10. The molecule has 0 spiro atoms. The fourth-order valence-corrected chi connectivity index (χ4v) is 3.84. The molecule has 0 aliphatic carbocycles. The molecule has 4 aromatic rings. The molecule has 140 valence electrons. The van der Waals surface area contributed by atoms with E-state index in [0.29, 0.717) is 10.6 Å². The van der Waals surface area contributed by atoms with Crippen molar-refractivity contribution in [3.05, 3.63) is 81.2 Å². The minimum Gasteiger partial charge on any atom is -0.392 e. The van der Waals surface area contributed by atoms with Crippen LogP contribution in [0.15, 0.2) is 53.9 Å². The Morgan fingerprint density at radius 1 is 1.21 bits per heavy atom. The topological polar surface area (TPSA) is 78.0 Å². The van der Waals surface area contributed by atoms with E-state index in [2.05, 4.69) is 15.5 Å². The lowest BCUT2D eigenvalue weighted by atomic mass is 10.1. The summed E-state index contributed by atoms with van der Waals surface area (Å²) in [6, 6.07) is 15.4. The van der Waals surface area contributed by atoms with E-state index in [1.54, 1.807) is 6.07 Å². The highest BCUT2D eigenvalue weighted by Crippen LogP contribution is 2.25. The number of aromatic nitrogens is 2. The molecule has 0 bridgehead atoms. The number of carbonyl (C=O) groups is 1. The number of nitrogens with zero attached hydrogens (tertiary/aromatic N) is 1. The zero-order valence-electron chi connectivity index (χ0n) is 15.3. The van der Waals surface area contributed by atoms with Crippen molar-refractivity contribution in [1.82, 2.24) is 10.2 Å². The SMILES string of the molecule is Cc1ccsc1C(=O)Nc1cc(CO)ccc1/C=C/c1n[nH]c2ccccc12. The predicted octanol–water partition coefficient (Wildman–Crippen LogP) is 4.85. The Hall–Kier alpha value is -3.22. The third-order valence-corrected chi connectivity index (χ3v) is 5.55. The molecule has 0 radical (unpaired) electrons. The van der Waals surface area contributed by atoms with Crippen molar-refractivity contribution in [3.63, 3.8) is 0 Å². The smallest absolute Gasteiger partial charge is 0.266 e. The van der Waals surface area contributed by atoms with Crippen molar-refractivity contribution in [2.75, 3.05) is 5.32 Å². The molecule has 0 unspecified atom stereocenters. The molecule has 28 heavy (non-hydrogen) atoms. The number of para-hydroxylation sites is 1. The lowest BCUT2D eigenvalue weighted by molar-refractivity contribution is 0.103. The minimum absolute atomic E-state index is 0.0884. The lowest BCUT2D eigenvalue weighted by Crippen LogP contribution is -2.12. The second-order valence-corrected chi connectivity index (χ2v) is 7.37. The van der Waals surface area contributed by atoms with Crippen LogP contribution in [0.4, 0.5) is 5.69 Å². The Labute approximate surface area is 166 Å². The molecule has 0 aliphatic rings. The molecule has 2 aromatic carbocycles. The van der Waals surface area contributed by atoms with E-state index >= 15 is 0 Å². The highest BCUT2D eigenvalue weighted by molar-refractivity contribution is 7.12. The van der Waals surface area contributed by atoms with Crippen molar-refractivity contribution < 1.29 is 9.90 Å². The molecule has 2 aromatic heterocycles. The van der Waals surface area contributed by atoms with E-state index in [1.165, 1.54) is 11.3 Å². The number of hydrogen-bond acceptors (Lipinski definition) is 4. The normalized spacial score (nSPS) is 11.4. The highest BCUT2D eigenvalue weighted by atomic mass is 32.1. The summed E-state index contributed by atoms with van der Waals surface area (Å²) in [4.78, 5) is 13.3. The Kier molecular flexibility index (Phi) is 5.06. The van der Waals surface area contributed by atoms with Crippen LogP contribution in [0.5, 0.6) is 0 Å². The van der Waals surface area contributed by atoms with Crippen LogP contribution in [-0.4, -0.2) is 21.2 Å². The molecule has 1 amide bonds. The fourth-order valence-electron chi connectivity index (χ4n) is 3.02. The van der Waals surface area contributed by atoms with Gasteiger partial charge in [-0.1, -0.05) is 36.4 Å². The molecular weight excluding hydrogens is 370 g/mol. The van der Waals surface area contributed by atoms with E-state index in [0.717, 1.165) is 33.3 Å². The van der Waals surface area contributed by atoms with Crippen molar-refractivity contribution in [1.29, 1.82) is 0 Å². The number of aromatic amines is 1. The van der Waals surface area contributed by atoms with Crippen molar-refractivity contribution in [2.45, 2.75) is 13.5 Å². The van der Waals surface area contributed by atoms with E-state index in [9.17, 15) is 9.90 Å². The summed E-state index contributed by atoms with van der Waals surface area (Å²) in [5.74, 6) is -0.151. The third-order valence-electron chi connectivity index (χ3n) is 4.54. The van der Waals surface area contributed by atoms with Crippen LogP contribution in [0.3, 0.4) is 0 Å². The van der Waals surface area contributed by atoms with Crippen LogP contribution in [0.25, 0.3) is 23.1 Å². The average Bonchev–Trinajstić information content (AvgIpc) is 3.33. The number of carbonyl (C=O) groups excluding carboxylic acids is 1. The highest BCUT2D eigenvalue weighted by Gasteiger charge is 2.13. The summed E-state index contributed by atoms with van der Waals surface area (Å²) in [6.45, 7) is 1.83. The van der Waals surface area contributed by atoms with Crippen LogP contribution in [-0.2, 0) is 6.61 Å². The molecule has 5 nitrogen and oxygen atoms in total. The summed E-state index contributed by atoms with van der Waals surface area (Å²) >= 11 is 1.41. The first-order chi connectivity index (χ1) is 13.7. The molecule has 0 atom stereocenters. The Balaban J connectivity index is 1.67. The number of aliphatic hydroxyl groups is 1. The quantitative estimate of drug-likeness (QED) is 0.457. The monoisotopic (exact) mass is 389 g/mol. The second-order valence-electron chi connectivity index (χ2n) is 6.45. The van der Waals surface area contributed by atoms with Crippen LogP contribution in [0, 0.1) is 6.92 Å². The summed E-state index contributed by atoms with van der Waals surface area (Å²) in [7, 11) is 0. The zero-order chi connectivity index (χ0) is 19.5. The van der Waals surface area contributed by atoms with Crippen LogP contribution >= 0.6 is 11.3 Å². The number of H-pyrrole nitrogens is 1. The summed E-state index contributed by atoms with van der Waals surface area (Å²) in [5, 5.41) is 22.7. The maximum absolute atomic E-state index is 12.7. The fraction of sp³-hybridized carbons (Fsp3) is 0.0909. The number of nitrogens with one attached hydrogen (secondary N) is 2. The number of thiophene rings is 1. The van der Waals surface area contributed by atoms with Crippen LogP contribution < -0.4 is 5.32 Å². The number of rotatable bonds is 5. The predicted molar refractivity (Wildman–Crippen MR) is 114 cm³/mol. The average molecular weight is 389 g/mol. The van der Waals surface area contributed by atoms with Gasteiger partial charge in [-0.3, -0.25) is 9.89 Å². The molecule has 0 saturated heterocycles. The number of anilines is 1. The van der Waals surface area contributed by atoms with E-state index in [4.69, 9.17) is 0 Å². The van der Waals surface area contributed by atoms with Gasteiger partial charge in [0.1, 0.15) is 0 Å². The van der Waals surface area contributed by atoms with Crippen molar-refractivity contribution in [3.8, 4) is 0 Å². The molecule has 3 N–H and O–H groups in total. The molecular formula is C22H19N3O2S. The first-order valence-corrected chi connectivity index (χ1v) is 9.74. The van der Waals surface area contributed by atoms with Crippen LogP contribution in [0.2, 0.25) is 0 Å². The summed E-state index contributed by atoms with van der Waals surface area (Å²) in [5.41, 5.74) is 4.97. The van der Waals surface area contributed by atoms with Gasteiger partial charge in [0.2, 0.25) is 0 Å². The van der Waals surface area contributed by atoms with Gasteiger partial charge >= 0.3 is 0 Å². The van der Waals surface area contributed by atoms with Gasteiger partial charge in [-0.15, -0.1) is 11.3 Å². The molecule has 2 heterocycles. The zero-order valence-corrected chi connectivity index (χ0v) is 16.1. The maximum Gasteiger partial charge on any atom is 0.266 e. The number of aryl methyl sites for hydroxylation is 1. The van der Waals surface area contributed by atoms with Gasteiger partial charge in [0.15, 0.2) is 0 Å². The largest absolute Gasteiger partial charge is 0.392 e. The van der Waals surface area contributed by atoms with Gasteiger partial charge in [-0.2, -0.15) is 5.10 Å². The summed E-state index contributed by atoms with van der Waals surface area (Å²) in [6.07, 6.45) is 3.83. The first kappa shape index (κ1) is 18.2. The third kappa shape index (κ3) is 3.60. The standard InChI is InChI=1S/C22H19N3O2S/c1-14-10-11-28-21(14)22(27)23-20-12-15(13-26)6-7-16(20)8-9-19-17-4-2-3-5-18(17)24-25-19/h2-12,26H,13H2,1H3,(H,23,27)(H,24,25)/b9-8+. The number of aliphatic hydroxyl groups excluding tert-OH is 1. The Morgan fingerprint density at radius 3 is 2.86 bits per heavy atom. The van der Waals surface area contributed by atoms with E-state index in [-0.39, 0.29) is 12.5 Å². The van der Waals surface area contributed by atoms with Gasteiger partial charge in [0.05, 0.1) is 22.7 Å². The van der Waals surface area contributed by atoms with E-state index < -0.39 is 0 Å². The second kappa shape index (κ2) is 7.80. The van der Waals surface area contributed by atoms with Gasteiger partial charge in [-0.05, 0) is 53.3 Å². The van der Waals surface area contributed by atoms with Gasteiger partial charge in [-0.25, -0.2) is 0 Å². The number of hydrogen-bond donors (Lipinski definition) is 3. The Morgan fingerprint density at radius 2 is 2.07 bits per heavy atom. The number of benzene rings is 2. The molecule has 4 rings (SSSR count). The Bertz CT molecular complexity index is 1170. The van der Waals surface area contributed by atoms with Gasteiger partial charge < -0.3 is 10.4 Å². The molecule has 6 heteroatoms. The van der Waals surface area contributed by atoms with Crippen LogP contribution in [0.1, 0.15) is 32.1 Å². The number of fused-ring (bicyclic) bond motifs is 1. The number of amides is 1. The first-order valence-electron chi connectivity index (χ1n) is 8.86. The van der Waals surface area contributed by atoms with Crippen molar-refractivity contribution in [2.24, 2.45) is 0 Å².